The molecule has 0 bridgehead atoms. The van der Waals surface area contributed by atoms with E-state index in [1.54, 1.807) is 17.0 Å². The highest BCUT2D eigenvalue weighted by atomic mass is 35.5. The molecule has 2 aromatic rings. The Morgan fingerprint density at radius 1 is 1.09 bits per heavy atom. The van der Waals surface area contributed by atoms with Crippen LogP contribution in [0.15, 0.2) is 36.4 Å². The Morgan fingerprint density at radius 2 is 1.79 bits per heavy atom. The maximum atomic E-state index is 13.1. The number of carbonyl (C=O) groups is 2. The van der Waals surface area contributed by atoms with Gasteiger partial charge in [-0.3, -0.25) is 9.59 Å². The van der Waals surface area contributed by atoms with Gasteiger partial charge in [0.05, 0.1) is 18.2 Å². The highest BCUT2D eigenvalue weighted by Gasteiger charge is 2.26. The highest BCUT2D eigenvalue weighted by molar-refractivity contribution is 6.32. The average molecular weight is 477 g/mol. The fourth-order valence-corrected chi connectivity index (χ4v) is 3.96. The van der Waals surface area contributed by atoms with E-state index in [0.29, 0.717) is 66.8 Å². The summed E-state index contributed by atoms with van der Waals surface area (Å²) in [4.78, 5) is 27.2. The summed E-state index contributed by atoms with van der Waals surface area (Å²) in [6.07, 6.45) is 3.15. The van der Waals surface area contributed by atoms with E-state index < -0.39 is 0 Å². The molecule has 0 saturated carbocycles. The molecular formula is C25H30ClFN2O4. The van der Waals surface area contributed by atoms with Crippen LogP contribution in [0.1, 0.15) is 60.2 Å². The predicted molar refractivity (Wildman–Crippen MR) is 126 cm³/mol. The second-order valence-corrected chi connectivity index (χ2v) is 8.37. The molecule has 0 aromatic heterocycles. The van der Waals surface area contributed by atoms with E-state index in [2.05, 4.69) is 12.2 Å². The van der Waals surface area contributed by atoms with Crippen molar-refractivity contribution >= 4 is 23.4 Å². The third-order valence-corrected chi connectivity index (χ3v) is 5.81. The monoisotopic (exact) mass is 476 g/mol. The van der Waals surface area contributed by atoms with Gasteiger partial charge in [0.1, 0.15) is 5.82 Å². The molecule has 2 aromatic carbocycles. The first-order chi connectivity index (χ1) is 15.9. The molecule has 3 rings (SSSR count). The number of benzene rings is 2. The molecule has 0 atom stereocenters. The van der Waals surface area contributed by atoms with Crippen molar-refractivity contribution < 1.29 is 23.5 Å². The van der Waals surface area contributed by atoms with Crippen molar-refractivity contribution in [2.45, 2.75) is 45.6 Å². The molecule has 0 aliphatic carbocycles. The van der Waals surface area contributed by atoms with Crippen LogP contribution in [0, 0.1) is 5.82 Å². The van der Waals surface area contributed by atoms with Crippen LogP contribution in [0.4, 0.5) is 4.39 Å². The Kier molecular flexibility index (Phi) is 8.95. The number of piperidine rings is 1. The second kappa shape index (κ2) is 11.9. The summed E-state index contributed by atoms with van der Waals surface area (Å²) in [5.41, 5.74) is 0.856. The lowest BCUT2D eigenvalue weighted by Crippen LogP contribution is -2.46. The zero-order valence-electron chi connectivity index (χ0n) is 19.0. The number of amides is 2. The minimum atomic E-state index is -0.383. The number of nitrogens with one attached hydrogen (secondary N) is 1. The van der Waals surface area contributed by atoms with E-state index in [-0.39, 0.29) is 23.7 Å². The number of rotatable bonds is 9. The topological polar surface area (TPSA) is 67.9 Å². The maximum Gasteiger partial charge on any atom is 0.254 e. The van der Waals surface area contributed by atoms with Gasteiger partial charge in [-0.05, 0) is 62.6 Å². The average Bonchev–Trinajstić information content (AvgIpc) is 2.81. The molecule has 2 amide bonds. The molecule has 33 heavy (non-hydrogen) atoms. The number of unbranched alkanes of at least 4 members (excludes halogenated alkanes) is 1. The minimum Gasteiger partial charge on any atom is -0.490 e. The second-order valence-electron chi connectivity index (χ2n) is 7.97. The number of halogens is 2. The normalized spacial score (nSPS) is 14.1. The largest absolute Gasteiger partial charge is 0.490 e. The lowest BCUT2D eigenvalue weighted by molar-refractivity contribution is 0.0697. The van der Waals surface area contributed by atoms with Gasteiger partial charge in [-0.1, -0.05) is 24.9 Å². The number of hydrogen-bond acceptors (Lipinski definition) is 4. The summed E-state index contributed by atoms with van der Waals surface area (Å²) in [5, 5.41) is 3.31. The number of ether oxygens (including phenoxy) is 2. The first kappa shape index (κ1) is 24.8. The zero-order valence-corrected chi connectivity index (χ0v) is 19.8. The Morgan fingerprint density at radius 3 is 2.42 bits per heavy atom. The van der Waals surface area contributed by atoms with E-state index in [4.69, 9.17) is 21.1 Å². The molecule has 1 heterocycles. The Bertz CT molecular complexity index is 960. The van der Waals surface area contributed by atoms with Crippen LogP contribution < -0.4 is 14.8 Å². The molecule has 8 heteroatoms. The van der Waals surface area contributed by atoms with Crippen LogP contribution in [0.3, 0.4) is 0 Å². The van der Waals surface area contributed by atoms with Crippen LogP contribution in [0.2, 0.25) is 5.02 Å². The molecule has 1 aliphatic heterocycles. The Labute approximate surface area is 199 Å². The summed E-state index contributed by atoms with van der Waals surface area (Å²) in [7, 11) is 0. The van der Waals surface area contributed by atoms with Crippen LogP contribution in [-0.4, -0.2) is 49.1 Å². The quantitative estimate of drug-likeness (QED) is 0.512. The van der Waals surface area contributed by atoms with Crippen LogP contribution in [0.25, 0.3) is 0 Å². The molecule has 0 radical (unpaired) electrons. The summed E-state index contributed by atoms with van der Waals surface area (Å²) < 4.78 is 24.5. The van der Waals surface area contributed by atoms with Gasteiger partial charge in [0, 0.05) is 30.3 Å². The van der Waals surface area contributed by atoms with Gasteiger partial charge < -0.3 is 19.7 Å². The Hall–Kier alpha value is -2.80. The first-order valence-corrected chi connectivity index (χ1v) is 11.8. The molecule has 178 valence electrons. The lowest BCUT2D eigenvalue weighted by atomic mass is 10.0. The summed E-state index contributed by atoms with van der Waals surface area (Å²) in [6.45, 7) is 5.90. The van der Waals surface area contributed by atoms with Gasteiger partial charge in [0.2, 0.25) is 0 Å². The number of carbonyl (C=O) groups excluding carboxylic acids is 2. The van der Waals surface area contributed by atoms with E-state index in [9.17, 15) is 14.0 Å². The number of hydrogen-bond donors (Lipinski definition) is 1. The van der Waals surface area contributed by atoms with Crippen molar-refractivity contribution in [2.75, 3.05) is 26.3 Å². The summed E-state index contributed by atoms with van der Waals surface area (Å²) >= 11 is 6.43. The van der Waals surface area contributed by atoms with Crippen LogP contribution in [0.5, 0.6) is 11.5 Å². The zero-order chi connectivity index (χ0) is 23.8. The molecular weight excluding hydrogens is 447 g/mol. The number of nitrogens with zero attached hydrogens (tertiary/aromatic N) is 1. The molecule has 1 N–H and O–H groups in total. The minimum absolute atomic E-state index is 0.0523. The standard InChI is InChI=1S/C25H30ClFN2O4/c1-3-5-14-33-23-21(26)15-18(16-22(23)32-4-2)25(31)29-12-10-20(11-13-29)28-24(30)17-6-8-19(27)9-7-17/h6-9,15-16,20H,3-5,10-14H2,1-2H3,(H,28,30). The van der Waals surface area contributed by atoms with Gasteiger partial charge in [-0.25, -0.2) is 4.39 Å². The molecule has 0 unspecified atom stereocenters. The number of likely N-dealkylation sites (tertiary alicyclic amines) is 1. The van der Waals surface area contributed by atoms with Crippen molar-refractivity contribution in [2.24, 2.45) is 0 Å². The predicted octanol–water partition coefficient (Wildman–Crippen LogP) is 5.09. The van der Waals surface area contributed by atoms with Crippen molar-refractivity contribution in [3.63, 3.8) is 0 Å². The highest BCUT2D eigenvalue weighted by Crippen LogP contribution is 2.37. The molecule has 0 spiro atoms. The van der Waals surface area contributed by atoms with Gasteiger partial charge >= 0.3 is 0 Å². The van der Waals surface area contributed by atoms with Crippen molar-refractivity contribution in [1.29, 1.82) is 0 Å². The van der Waals surface area contributed by atoms with Crippen LogP contribution in [-0.2, 0) is 0 Å². The van der Waals surface area contributed by atoms with Gasteiger partial charge in [-0.2, -0.15) is 0 Å². The van der Waals surface area contributed by atoms with E-state index in [1.807, 2.05) is 6.92 Å². The smallest absolute Gasteiger partial charge is 0.254 e. The Balaban J connectivity index is 1.61. The lowest BCUT2D eigenvalue weighted by Gasteiger charge is -2.32. The third-order valence-electron chi connectivity index (χ3n) is 5.52. The van der Waals surface area contributed by atoms with Gasteiger partial charge in [0.25, 0.3) is 11.8 Å². The maximum absolute atomic E-state index is 13.1. The van der Waals surface area contributed by atoms with Crippen molar-refractivity contribution in [1.82, 2.24) is 10.2 Å². The van der Waals surface area contributed by atoms with Crippen molar-refractivity contribution in [3.05, 3.63) is 58.4 Å². The van der Waals surface area contributed by atoms with Crippen molar-refractivity contribution in [3.8, 4) is 11.5 Å². The molecule has 1 fully saturated rings. The molecule has 1 saturated heterocycles. The van der Waals surface area contributed by atoms with E-state index >= 15 is 0 Å². The fraction of sp³-hybridized carbons (Fsp3) is 0.440. The first-order valence-electron chi connectivity index (χ1n) is 11.4. The van der Waals surface area contributed by atoms with Crippen LogP contribution >= 0.6 is 11.6 Å². The van der Waals surface area contributed by atoms with E-state index in [0.717, 1.165) is 12.8 Å². The van der Waals surface area contributed by atoms with E-state index in [1.165, 1.54) is 24.3 Å². The third kappa shape index (κ3) is 6.60. The summed E-state index contributed by atoms with van der Waals surface area (Å²) in [5.74, 6) is 0.163. The SMILES string of the molecule is CCCCOc1c(Cl)cc(C(=O)N2CCC(NC(=O)c3ccc(F)cc3)CC2)cc1OCC. The molecule has 1 aliphatic rings. The summed E-state index contributed by atoms with van der Waals surface area (Å²) in [6, 6.07) is 8.69. The fourth-order valence-electron chi connectivity index (χ4n) is 3.69. The molecule has 6 nitrogen and oxygen atoms in total. The van der Waals surface area contributed by atoms with Gasteiger partial charge in [0.15, 0.2) is 11.5 Å². The van der Waals surface area contributed by atoms with Gasteiger partial charge in [-0.15, -0.1) is 0 Å².